The van der Waals surface area contributed by atoms with E-state index in [2.05, 4.69) is 5.32 Å². The maximum absolute atomic E-state index is 12.7. The summed E-state index contributed by atoms with van der Waals surface area (Å²) in [7, 11) is 0. The third-order valence-corrected chi connectivity index (χ3v) is 5.70. The zero-order valence-corrected chi connectivity index (χ0v) is 13.3. The van der Waals surface area contributed by atoms with Crippen molar-refractivity contribution in [3.63, 3.8) is 0 Å². The topological polar surface area (TPSA) is 87.7 Å². The van der Waals surface area contributed by atoms with Crippen molar-refractivity contribution < 1.29 is 24.2 Å². The van der Waals surface area contributed by atoms with Crippen molar-refractivity contribution in [1.29, 1.82) is 0 Å². The van der Waals surface area contributed by atoms with Crippen molar-refractivity contribution in [3.8, 4) is 11.5 Å². The smallest absolute Gasteiger partial charge is 0.231 e. The van der Waals surface area contributed by atoms with Crippen LogP contribution in [0.15, 0.2) is 18.2 Å². The van der Waals surface area contributed by atoms with E-state index in [0.29, 0.717) is 18.0 Å². The quantitative estimate of drug-likeness (QED) is 0.884. The van der Waals surface area contributed by atoms with Gasteiger partial charge in [-0.1, -0.05) is 6.07 Å². The number of carbonyl (C=O) groups excluding carboxylic acids is 2. The lowest BCUT2D eigenvalue weighted by Crippen LogP contribution is -2.54. The molecule has 1 heterocycles. The van der Waals surface area contributed by atoms with Crippen LogP contribution in [-0.4, -0.2) is 18.7 Å². The number of hydrogen-bond acceptors (Lipinski definition) is 5. The SMILES string of the molecule is O=C([O-])[C@@H]1C2CCC(CC2)[C@H]1C(=O)NCc1ccc2c(c1)OCO2. The normalized spacial score (nSPS) is 30.2. The molecule has 4 aliphatic rings. The molecule has 0 unspecified atom stereocenters. The number of carboxylic acids is 1. The van der Waals surface area contributed by atoms with Gasteiger partial charge in [0.1, 0.15) is 0 Å². The monoisotopic (exact) mass is 330 g/mol. The molecule has 24 heavy (non-hydrogen) atoms. The summed E-state index contributed by atoms with van der Waals surface area (Å²) in [6.45, 7) is 0.562. The third-order valence-electron chi connectivity index (χ3n) is 5.70. The Kier molecular flexibility index (Phi) is 3.82. The maximum atomic E-state index is 12.7. The van der Waals surface area contributed by atoms with E-state index in [9.17, 15) is 14.7 Å². The average molecular weight is 330 g/mol. The molecule has 3 aliphatic carbocycles. The molecule has 1 N–H and O–H groups in total. The average Bonchev–Trinajstić information content (AvgIpc) is 3.07. The van der Waals surface area contributed by atoms with E-state index in [1.165, 1.54) is 0 Å². The zero-order valence-electron chi connectivity index (χ0n) is 13.3. The summed E-state index contributed by atoms with van der Waals surface area (Å²) in [4.78, 5) is 24.2. The molecule has 6 heteroatoms. The molecule has 0 spiro atoms. The van der Waals surface area contributed by atoms with Crippen LogP contribution in [0.3, 0.4) is 0 Å². The second-order valence-electron chi connectivity index (χ2n) is 6.95. The van der Waals surface area contributed by atoms with Gasteiger partial charge in [0.15, 0.2) is 11.5 Å². The van der Waals surface area contributed by atoms with E-state index in [0.717, 1.165) is 31.2 Å². The molecule has 0 saturated heterocycles. The molecule has 1 amide bonds. The van der Waals surface area contributed by atoms with Crippen molar-refractivity contribution >= 4 is 11.9 Å². The minimum absolute atomic E-state index is 0.0845. The van der Waals surface area contributed by atoms with Crippen molar-refractivity contribution in [3.05, 3.63) is 23.8 Å². The maximum Gasteiger partial charge on any atom is 0.231 e. The van der Waals surface area contributed by atoms with Crippen LogP contribution in [0.4, 0.5) is 0 Å². The lowest BCUT2D eigenvalue weighted by molar-refractivity contribution is -0.318. The number of ether oxygens (including phenoxy) is 2. The van der Waals surface area contributed by atoms with Crippen LogP contribution in [-0.2, 0) is 16.1 Å². The van der Waals surface area contributed by atoms with Crippen LogP contribution < -0.4 is 19.9 Å². The lowest BCUT2D eigenvalue weighted by atomic mass is 9.58. The number of hydrogen-bond donors (Lipinski definition) is 1. The Hall–Kier alpha value is -2.24. The van der Waals surface area contributed by atoms with Crippen LogP contribution >= 0.6 is 0 Å². The van der Waals surface area contributed by atoms with Gasteiger partial charge in [-0.2, -0.15) is 0 Å². The number of rotatable bonds is 4. The van der Waals surface area contributed by atoms with Gasteiger partial charge < -0.3 is 24.7 Å². The molecule has 2 bridgehead atoms. The molecule has 0 radical (unpaired) electrons. The molecule has 0 aromatic heterocycles. The number of carboxylic acid groups (broad SMARTS) is 1. The predicted octanol–water partition coefficient (Wildman–Crippen LogP) is 0.834. The Morgan fingerprint density at radius 1 is 1.04 bits per heavy atom. The van der Waals surface area contributed by atoms with Crippen molar-refractivity contribution in [2.45, 2.75) is 32.2 Å². The fourth-order valence-electron chi connectivity index (χ4n) is 4.52. The van der Waals surface area contributed by atoms with Gasteiger partial charge in [0, 0.05) is 24.3 Å². The van der Waals surface area contributed by atoms with Crippen LogP contribution in [0.5, 0.6) is 11.5 Å². The second kappa shape index (κ2) is 6.00. The van der Waals surface area contributed by atoms with E-state index in [1.54, 1.807) is 0 Å². The second-order valence-corrected chi connectivity index (χ2v) is 6.95. The number of nitrogens with one attached hydrogen (secondary N) is 1. The summed E-state index contributed by atoms with van der Waals surface area (Å²) in [6.07, 6.45) is 3.68. The zero-order chi connectivity index (χ0) is 16.7. The summed E-state index contributed by atoms with van der Waals surface area (Å²) in [6, 6.07) is 5.53. The van der Waals surface area contributed by atoms with Gasteiger partial charge in [-0.3, -0.25) is 4.79 Å². The van der Waals surface area contributed by atoms with E-state index >= 15 is 0 Å². The number of benzene rings is 1. The number of carbonyl (C=O) groups is 2. The first kappa shape index (κ1) is 15.3. The van der Waals surface area contributed by atoms with Crippen LogP contribution in [0.1, 0.15) is 31.2 Å². The molecule has 3 fully saturated rings. The van der Waals surface area contributed by atoms with Gasteiger partial charge in [-0.25, -0.2) is 0 Å². The number of amides is 1. The first-order valence-corrected chi connectivity index (χ1v) is 8.50. The van der Waals surface area contributed by atoms with Crippen molar-refractivity contribution in [1.82, 2.24) is 5.32 Å². The summed E-state index contributed by atoms with van der Waals surface area (Å²) in [5.41, 5.74) is 0.901. The molecule has 3 saturated carbocycles. The van der Waals surface area contributed by atoms with Crippen LogP contribution in [0.25, 0.3) is 0 Å². The molecule has 1 aromatic rings. The first-order chi connectivity index (χ1) is 11.6. The van der Waals surface area contributed by atoms with Crippen molar-refractivity contribution in [2.75, 3.05) is 6.79 Å². The Labute approximate surface area is 140 Å². The molecular weight excluding hydrogens is 310 g/mol. The highest BCUT2D eigenvalue weighted by Gasteiger charge is 2.47. The summed E-state index contributed by atoms with van der Waals surface area (Å²) < 4.78 is 10.6. The highest BCUT2D eigenvalue weighted by molar-refractivity contribution is 5.85. The van der Waals surface area contributed by atoms with Gasteiger partial charge in [-0.05, 0) is 55.2 Å². The number of aliphatic carboxylic acids is 1. The summed E-state index contributed by atoms with van der Waals surface area (Å²) in [5.74, 6) is -0.733. The fraction of sp³-hybridized carbons (Fsp3) is 0.556. The molecule has 5 rings (SSSR count). The molecule has 6 nitrogen and oxygen atoms in total. The molecule has 128 valence electrons. The Morgan fingerprint density at radius 3 is 2.42 bits per heavy atom. The molecular formula is C18H20NO5-. The lowest BCUT2D eigenvalue weighted by Gasteiger charge is -2.48. The standard InChI is InChI=1S/C18H21NO5/c20-17(15-11-2-4-12(5-3-11)16(15)18(21)22)19-8-10-1-6-13-14(7-10)24-9-23-13/h1,6-7,11-12,15-16H,2-5,8-9H2,(H,19,20)(H,21,22)/p-1/t11?,12?,15-,16-/m1/s1. The van der Waals surface area contributed by atoms with Gasteiger partial charge >= 0.3 is 0 Å². The Balaban J connectivity index is 1.44. The number of fused-ring (bicyclic) bond motifs is 4. The Morgan fingerprint density at radius 2 is 1.71 bits per heavy atom. The molecule has 1 aromatic carbocycles. The van der Waals surface area contributed by atoms with Gasteiger partial charge in [0.25, 0.3) is 0 Å². The predicted molar refractivity (Wildman–Crippen MR) is 81.8 cm³/mol. The molecule has 1 aliphatic heterocycles. The highest BCUT2D eigenvalue weighted by atomic mass is 16.7. The van der Waals surface area contributed by atoms with Crippen LogP contribution in [0, 0.1) is 23.7 Å². The first-order valence-electron chi connectivity index (χ1n) is 8.50. The fourth-order valence-corrected chi connectivity index (χ4v) is 4.52. The largest absolute Gasteiger partial charge is 0.550 e. The van der Waals surface area contributed by atoms with Gasteiger partial charge in [0.2, 0.25) is 12.7 Å². The van der Waals surface area contributed by atoms with E-state index in [1.807, 2.05) is 18.2 Å². The van der Waals surface area contributed by atoms with Crippen LogP contribution in [0.2, 0.25) is 0 Å². The van der Waals surface area contributed by atoms with E-state index < -0.39 is 17.8 Å². The third kappa shape index (κ3) is 2.60. The molecule has 2 atom stereocenters. The minimum atomic E-state index is -1.08. The summed E-state index contributed by atoms with van der Waals surface area (Å²) in [5, 5.41) is 14.4. The highest BCUT2D eigenvalue weighted by Crippen LogP contribution is 2.48. The van der Waals surface area contributed by atoms with Crippen molar-refractivity contribution in [2.24, 2.45) is 23.7 Å². The van der Waals surface area contributed by atoms with Gasteiger partial charge in [0.05, 0.1) is 0 Å². The van der Waals surface area contributed by atoms with E-state index in [-0.39, 0.29) is 24.5 Å². The van der Waals surface area contributed by atoms with E-state index in [4.69, 9.17) is 9.47 Å². The summed E-state index contributed by atoms with van der Waals surface area (Å²) >= 11 is 0. The Bertz CT molecular complexity index is 665. The minimum Gasteiger partial charge on any atom is -0.550 e. The van der Waals surface area contributed by atoms with Gasteiger partial charge in [-0.15, -0.1) is 0 Å².